The summed E-state index contributed by atoms with van der Waals surface area (Å²) in [6, 6.07) is 0. The third kappa shape index (κ3) is 3.95. The molecule has 0 aliphatic heterocycles. The Labute approximate surface area is 148 Å². The van der Waals surface area contributed by atoms with Gasteiger partial charge in [-0.1, -0.05) is 0 Å². The lowest BCUT2D eigenvalue weighted by molar-refractivity contribution is -0.136. The van der Waals surface area contributed by atoms with Crippen LogP contribution < -0.4 is 16.7 Å². The van der Waals surface area contributed by atoms with Crippen LogP contribution in [-0.4, -0.2) is 32.7 Å². The van der Waals surface area contributed by atoms with E-state index in [2.05, 4.69) is 5.10 Å². The van der Waals surface area contributed by atoms with Crippen LogP contribution in [0.4, 0.5) is 18.0 Å². The number of aromatic nitrogens is 2. The molecule has 0 aliphatic rings. The van der Waals surface area contributed by atoms with Crippen LogP contribution in [0.1, 0.15) is 23.8 Å². The van der Waals surface area contributed by atoms with Crippen LogP contribution in [0, 0.1) is 6.92 Å². The summed E-state index contributed by atoms with van der Waals surface area (Å²) in [4.78, 5) is 35.8. The van der Waals surface area contributed by atoms with Crippen molar-refractivity contribution in [2.75, 3.05) is 0 Å². The number of amides is 1. The minimum Gasteiger partial charge on any atom is -0.464 e. The number of carbonyl (C=O) groups is 1. The average molecular weight is 392 g/mol. The molecule has 2 aromatic rings. The quantitative estimate of drug-likeness (QED) is 0.600. The van der Waals surface area contributed by atoms with Gasteiger partial charge in [-0.25, -0.2) is 15.0 Å². The molecule has 2 aromatic heterocycles. The highest BCUT2D eigenvalue weighted by Crippen LogP contribution is 2.28. The van der Waals surface area contributed by atoms with Crippen molar-refractivity contribution in [1.29, 1.82) is 0 Å². The first-order chi connectivity index (χ1) is 12.1. The molecule has 0 radical (unpaired) electrons. The number of hydrogen-bond donors (Lipinski definition) is 2. The average Bonchev–Trinajstić information content (AvgIpc) is 2.83. The standard InChI is InChI=1S/C14H15F3N4O4S/c1-3-20-10(22)9-7(2)8(6-18-19-12(23)24)26-11(9)21(13(20)25)5-4-14(15,16)17/h6,19H,3-5H2,1-2H3,(H,23,24)/b18-6+. The van der Waals surface area contributed by atoms with E-state index in [1.807, 2.05) is 0 Å². The van der Waals surface area contributed by atoms with E-state index in [1.165, 1.54) is 0 Å². The zero-order chi connectivity index (χ0) is 19.6. The Morgan fingerprint density at radius 3 is 2.54 bits per heavy atom. The molecule has 142 valence electrons. The van der Waals surface area contributed by atoms with Crippen molar-refractivity contribution in [3.63, 3.8) is 0 Å². The maximum atomic E-state index is 12.6. The molecule has 0 atom stereocenters. The molecule has 2 N–H and O–H groups in total. The predicted molar refractivity (Wildman–Crippen MR) is 90.2 cm³/mol. The van der Waals surface area contributed by atoms with Gasteiger partial charge in [-0.15, -0.1) is 11.3 Å². The molecule has 0 spiro atoms. The van der Waals surface area contributed by atoms with Crippen LogP contribution in [0.5, 0.6) is 0 Å². The highest BCUT2D eigenvalue weighted by Gasteiger charge is 2.28. The second-order valence-electron chi connectivity index (χ2n) is 5.30. The van der Waals surface area contributed by atoms with Gasteiger partial charge in [-0.3, -0.25) is 13.9 Å². The third-order valence-electron chi connectivity index (χ3n) is 3.61. The van der Waals surface area contributed by atoms with Crippen LogP contribution in [-0.2, 0) is 13.1 Å². The van der Waals surface area contributed by atoms with Crippen LogP contribution in [0.25, 0.3) is 10.2 Å². The van der Waals surface area contributed by atoms with Gasteiger partial charge < -0.3 is 5.11 Å². The number of hydrogen-bond acceptors (Lipinski definition) is 5. The van der Waals surface area contributed by atoms with Gasteiger partial charge in [-0.2, -0.15) is 18.3 Å². The summed E-state index contributed by atoms with van der Waals surface area (Å²) in [6.07, 6.45) is -5.93. The van der Waals surface area contributed by atoms with Crippen LogP contribution in [0.3, 0.4) is 0 Å². The Morgan fingerprint density at radius 1 is 1.35 bits per heavy atom. The van der Waals surface area contributed by atoms with E-state index in [1.54, 1.807) is 19.3 Å². The van der Waals surface area contributed by atoms with Gasteiger partial charge in [0.15, 0.2) is 0 Å². The largest absolute Gasteiger partial charge is 0.464 e. The number of nitrogens with zero attached hydrogens (tertiary/aromatic N) is 3. The van der Waals surface area contributed by atoms with Crippen molar-refractivity contribution in [3.8, 4) is 0 Å². The van der Waals surface area contributed by atoms with Gasteiger partial charge in [0.05, 0.1) is 22.9 Å². The van der Waals surface area contributed by atoms with E-state index in [0.717, 1.165) is 26.7 Å². The number of nitrogens with one attached hydrogen (secondary N) is 1. The number of fused-ring (bicyclic) bond motifs is 1. The maximum Gasteiger partial charge on any atom is 0.425 e. The van der Waals surface area contributed by atoms with Crippen molar-refractivity contribution < 1.29 is 23.1 Å². The number of alkyl halides is 3. The second-order valence-corrected chi connectivity index (χ2v) is 6.33. The molecule has 26 heavy (non-hydrogen) atoms. The summed E-state index contributed by atoms with van der Waals surface area (Å²) in [6.45, 7) is 2.49. The minimum absolute atomic E-state index is 0.0128. The Kier molecular flexibility index (Phi) is 5.54. The molecule has 1 amide bonds. The van der Waals surface area contributed by atoms with Gasteiger partial charge in [0.1, 0.15) is 4.83 Å². The van der Waals surface area contributed by atoms with Gasteiger partial charge in [-0.05, 0) is 19.4 Å². The number of thiophene rings is 1. The van der Waals surface area contributed by atoms with Gasteiger partial charge >= 0.3 is 18.0 Å². The van der Waals surface area contributed by atoms with E-state index in [9.17, 15) is 27.6 Å². The number of rotatable bonds is 5. The van der Waals surface area contributed by atoms with Crippen molar-refractivity contribution in [2.24, 2.45) is 5.10 Å². The number of aryl methyl sites for hydroxylation is 2. The first-order valence-corrected chi connectivity index (χ1v) is 8.24. The lowest BCUT2D eigenvalue weighted by Gasteiger charge is -2.12. The monoisotopic (exact) mass is 392 g/mol. The van der Waals surface area contributed by atoms with E-state index >= 15 is 0 Å². The molecule has 0 aromatic carbocycles. The van der Waals surface area contributed by atoms with E-state index in [4.69, 9.17) is 5.11 Å². The first-order valence-electron chi connectivity index (χ1n) is 7.42. The minimum atomic E-state index is -4.46. The molecule has 8 nitrogen and oxygen atoms in total. The zero-order valence-electron chi connectivity index (χ0n) is 13.8. The zero-order valence-corrected chi connectivity index (χ0v) is 14.6. The molecule has 0 fully saturated rings. The summed E-state index contributed by atoms with van der Waals surface area (Å²) in [5.74, 6) is 0. The molecule has 0 unspecified atom stereocenters. The SMILES string of the molecule is CCn1c(=O)c2c(C)c(/C=N/NC(=O)O)sc2n(CCC(F)(F)F)c1=O. The van der Waals surface area contributed by atoms with Gasteiger partial charge in [0, 0.05) is 13.1 Å². The molecule has 0 saturated heterocycles. The fourth-order valence-electron chi connectivity index (χ4n) is 2.40. The van der Waals surface area contributed by atoms with Crippen LogP contribution in [0.15, 0.2) is 14.7 Å². The maximum absolute atomic E-state index is 12.6. The fraction of sp³-hybridized carbons (Fsp3) is 0.429. The van der Waals surface area contributed by atoms with Crippen molar-refractivity contribution in [1.82, 2.24) is 14.6 Å². The van der Waals surface area contributed by atoms with Gasteiger partial charge in [0.2, 0.25) is 0 Å². The summed E-state index contributed by atoms with van der Waals surface area (Å²) in [5, 5.41) is 12.1. The molecular formula is C14H15F3N4O4S. The molecule has 2 heterocycles. The van der Waals surface area contributed by atoms with Crippen molar-refractivity contribution in [2.45, 2.75) is 39.5 Å². The lowest BCUT2D eigenvalue weighted by Crippen LogP contribution is -2.39. The highest BCUT2D eigenvalue weighted by atomic mass is 32.1. The molecule has 0 saturated carbocycles. The molecule has 0 bridgehead atoms. The summed E-state index contributed by atoms with van der Waals surface area (Å²) in [7, 11) is 0. The summed E-state index contributed by atoms with van der Waals surface area (Å²) >= 11 is 0.900. The Balaban J connectivity index is 2.69. The number of carboxylic acid groups (broad SMARTS) is 1. The van der Waals surface area contributed by atoms with Crippen LogP contribution >= 0.6 is 11.3 Å². The third-order valence-corrected chi connectivity index (χ3v) is 4.86. The number of halogens is 3. The van der Waals surface area contributed by atoms with Crippen molar-refractivity contribution in [3.05, 3.63) is 31.3 Å². The van der Waals surface area contributed by atoms with E-state index in [-0.39, 0.29) is 16.8 Å². The molecule has 0 aliphatic carbocycles. The highest BCUT2D eigenvalue weighted by molar-refractivity contribution is 7.20. The van der Waals surface area contributed by atoms with E-state index in [0.29, 0.717) is 10.4 Å². The predicted octanol–water partition coefficient (Wildman–Crippen LogP) is 2.11. The first kappa shape index (κ1) is 19.7. The topological polar surface area (TPSA) is 106 Å². The second kappa shape index (κ2) is 7.32. The van der Waals surface area contributed by atoms with E-state index < -0.39 is 36.5 Å². The van der Waals surface area contributed by atoms with Gasteiger partial charge in [0.25, 0.3) is 5.56 Å². The lowest BCUT2D eigenvalue weighted by atomic mass is 10.2. The normalized spacial score (nSPS) is 12.2. The summed E-state index contributed by atoms with van der Waals surface area (Å²) < 4.78 is 39.6. The molecular weight excluding hydrogens is 377 g/mol. The fourth-order valence-corrected chi connectivity index (χ4v) is 3.59. The van der Waals surface area contributed by atoms with Crippen molar-refractivity contribution >= 4 is 33.9 Å². The number of hydrazone groups is 1. The summed E-state index contributed by atoms with van der Waals surface area (Å²) in [5.41, 5.74) is 0.758. The van der Waals surface area contributed by atoms with Crippen LogP contribution in [0.2, 0.25) is 0 Å². The smallest absolute Gasteiger partial charge is 0.425 e. The molecule has 2 rings (SSSR count). The Bertz CT molecular complexity index is 987. The Hall–Kier alpha value is -2.63. The molecule has 12 heteroatoms. The Morgan fingerprint density at radius 2 is 2.00 bits per heavy atom.